The van der Waals surface area contributed by atoms with Crippen LogP contribution >= 0.6 is 11.8 Å². The molecule has 1 saturated heterocycles. The van der Waals surface area contributed by atoms with Crippen LogP contribution in [0.1, 0.15) is 25.1 Å². The molecule has 1 aromatic carbocycles. The molecular formula is C20H26N6O4S. The Morgan fingerprint density at radius 1 is 1.16 bits per heavy atom. The smallest absolute Gasteiger partial charge is 0.191 e. The van der Waals surface area contributed by atoms with Gasteiger partial charge in [0.05, 0.1) is 6.61 Å². The maximum Gasteiger partial charge on any atom is 0.191 e. The van der Waals surface area contributed by atoms with Crippen molar-refractivity contribution in [2.75, 3.05) is 24.2 Å². The van der Waals surface area contributed by atoms with Crippen LogP contribution in [-0.4, -0.2) is 77.5 Å². The van der Waals surface area contributed by atoms with E-state index in [1.807, 2.05) is 18.2 Å². The predicted molar refractivity (Wildman–Crippen MR) is 116 cm³/mol. The van der Waals surface area contributed by atoms with Gasteiger partial charge in [-0.05, 0) is 18.4 Å². The number of ether oxygens (including phenoxy) is 1. The molecular weight excluding hydrogens is 420 g/mol. The number of aliphatic hydroxyl groups excluding tert-OH is 3. The molecule has 4 rings (SSSR count). The van der Waals surface area contributed by atoms with Crippen molar-refractivity contribution in [3.05, 3.63) is 35.9 Å². The minimum atomic E-state index is -1.27. The van der Waals surface area contributed by atoms with Crippen LogP contribution in [0.4, 0.5) is 5.82 Å². The van der Waals surface area contributed by atoms with E-state index in [0.29, 0.717) is 28.7 Å². The van der Waals surface area contributed by atoms with Crippen molar-refractivity contribution in [1.82, 2.24) is 25.0 Å². The molecule has 2 aromatic heterocycles. The van der Waals surface area contributed by atoms with Crippen LogP contribution in [0.5, 0.6) is 0 Å². The number of nitrogens with one attached hydrogen (secondary N) is 1. The zero-order valence-electron chi connectivity index (χ0n) is 17.1. The SMILES string of the molecule is CCCSc1nc(NCCc2ccccc2)c2nnn([C@@H]3O[C@H](CO)[C@@H](O)[C@H]3O)c2n1. The van der Waals surface area contributed by atoms with Crippen molar-refractivity contribution in [3.8, 4) is 0 Å². The number of fused-ring (bicyclic) bond motifs is 1. The molecule has 1 aliphatic rings. The van der Waals surface area contributed by atoms with Crippen molar-refractivity contribution >= 4 is 28.7 Å². The van der Waals surface area contributed by atoms with E-state index >= 15 is 0 Å². The first-order valence-corrected chi connectivity index (χ1v) is 11.3. The second kappa shape index (κ2) is 9.88. The number of rotatable bonds is 9. The van der Waals surface area contributed by atoms with Crippen molar-refractivity contribution in [1.29, 1.82) is 0 Å². The van der Waals surface area contributed by atoms with Crippen LogP contribution in [0, 0.1) is 0 Å². The lowest BCUT2D eigenvalue weighted by atomic mass is 10.1. The van der Waals surface area contributed by atoms with Gasteiger partial charge in [0.25, 0.3) is 0 Å². The predicted octanol–water partition coefficient (Wildman–Crippen LogP) is 0.989. The molecule has 4 atom stereocenters. The third kappa shape index (κ3) is 4.65. The van der Waals surface area contributed by atoms with Crippen LogP contribution in [0.15, 0.2) is 35.5 Å². The first kappa shape index (κ1) is 21.9. The normalized spacial score (nSPS) is 23.5. The molecule has 31 heavy (non-hydrogen) atoms. The number of hydrogen-bond donors (Lipinski definition) is 4. The number of aliphatic hydroxyl groups is 3. The van der Waals surface area contributed by atoms with Crippen LogP contribution in [0.2, 0.25) is 0 Å². The van der Waals surface area contributed by atoms with Gasteiger partial charge in [-0.15, -0.1) is 5.10 Å². The molecule has 0 bridgehead atoms. The van der Waals surface area contributed by atoms with E-state index in [-0.39, 0.29) is 0 Å². The highest BCUT2D eigenvalue weighted by Crippen LogP contribution is 2.32. The lowest BCUT2D eigenvalue weighted by Crippen LogP contribution is -2.33. The van der Waals surface area contributed by atoms with E-state index < -0.39 is 31.1 Å². The first-order valence-electron chi connectivity index (χ1n) is 10.3. The Balaban J connectivity index is 1.62. The van der Waals surface area contributed by atoms with Gasteiger partial charge in [0.1, 0.15) is 18.3 Å². The van der Waals surface area contributed by atoms with Gasteiger partial charge in [0, 0.05) is 12.3 Å². The molecule has 166 valence electrons. The number of anilines is 1. The summed E-state index contributed by atoms with van der Waals surface area (Å²) in [6.07, 6.45) is -2.62. The Kier molecular flexibility index (Phi) is 6.98. The zero-order chi connectivity index (χ0) is 21.8. The van der Waals surface area contributed by atoms with Gasteiger partial charge in [-0.2, -0.15) is 4.68 Å². The maximum absolute atomic E-state index is 10.4. The van der Waals surface area contributed by atoms with E-state index in [2.05, 4.69) is 44.7 Å². The van der Waals surface area contributed by atoms with Gasteiger partial charge in [-0.1, -0.05) is 54.2 Å². The molecule has 0 amide bonds. The van der Waals surface area contributed by atoms with Crippen LogP contribution in [0.3, 0.4) is 0 Å². The van der Waals surface area contributed by atoms with Crippen molar-refractivity contribution in [3.63, 3.8) is 0 Å². The molecule has 0 spiro atoms. The highest BCUT2D eigenvalue weighted by Gasteiger charge is 2.44. The van der Waals surface area contributed by atoms with Gasteiger partial charge in [0.2, 0.25) is 0 Å². The summed E-state index contributed by atoms with van der Waals surface area (Å²) in [6.45, 7) is 2.31. The van der Waals surface area contributed by atoms with Gasteiger partial charge in [0.15, 0.2) is 28.4 Å². The fraction of sp³-hybridized carbons (Fsp3) is 0.500. The van der Waals surface area contributed by atoms with Crippen LogP contribution in [-0.2, 0) is 11.2 Å². The summed E-state index contributed by atoms with van der Waals surface area (Å²) >= 11 is 1.52. The third-order valence-electron chi connectivity index (χ3n) is 5.05. The molecule has 1 fully saturated rings. The fourth-order valence-electron chi connectivity index (χ4n) is 3.41. The average Bonchev–Trinajstić information content (AvgIpc) is 3.34. The summed E-state index contributed by atoms with van der Waals surface area (Å²) in [7, 11) is 0. The van der Waals surface area contributed by atoms with E-state index in [1.165, 1.54) is 22.0 Å². The standard InChI is InChI=1S/C20H26N6O4S/c1-2-10-31-20-22-17(21-9-8-12-6-4-3-5-7-12)14-18(23-20)26(25-24-14)19-16(29)15(28)13(11-27)30-19/h3-7,13,15-16,19,27-29H,2,8-11H2,1H3,(H,21,22,23)/t13-,15-,16-,19-/m1/s1. The van der Waals surface area contributed by atoms with Crippen molar-refractivity contribution in [2.24, 2.45) is 0 Å². The molecule has 4 N–H and O–H groups in total. The quantitative estimate of drug-likeness (QED) is 0.278. The zero-order valence-corrected chi connectivity index (χ0v) is 17.9. The van der Waals surface area contributed by atoms with E-state index in [4.69, 9.17) is 4.74 Å². The second-order valence-corrected chi connectivity index (χ2v) is 8.36. The van der Waals surface area contributed by atoms with Gasteiger partial charge < -0.3 is 25.4 Å². The minimum absolute atomic E-state index is 0.394. The topological polar surface area (TPSA) is 138 Å². The van der Waals surface area contributed by atoms with Crippen LogP contribution < -0.4 is 5.32 Å². The molecule has 0 unspecified atom stereocenters. The minimum Gasteiger partial charge on any atom is -0.394 e. The maximum atomic E-state index is 10.4. The number of thioether (sulfide) groups is 1. The number of aromatic nitrogens is 5. The molecule has 10 nitrogen and oxygen atoms in total. The lowest BCUT2D eigenvalue weighted by molar-refractivity contribution is -0.0575. The Hall–Kier alpha value is -2.31. The second-order valence-electron chi connectivity index (χ2n) is 7.30. The Labute approximate surface area is 183 Å². The summed E-state index contributed by atoms with van der Waals surface area (Å²) in [4.78, 5) is 9.18. The summed E-state index contributed by atoms with van der Waals surface area (Å²) in [5, 5.41) is 42.1. The summed E-state index contributed by atoms with van der Waals surface area (Å²) in [5.41, 5.74) is 2.05. The Morgan fingerprint density at radius 2 is 1.97 bits per heavy atom. The number of nitrogens with zero attached hydrogens (tertiary/aromatic N) is 5. The molecule has 11 heteroatoms. The summed E-state index contributed by atoms with van der Waals surface area (Å²) < 4.78 is 6.96. The van der Waals surface area contributed by atoms with Gasteiger partial charge in [-0.3, -0.25) is 0 Å². The Morgan fingerprint density at radius 3 is 2.68 bits per heavy atom. The van der Waals surface area contributed by atoms with Crippen LogP contribution in [0.25, 0.3) is 11.2 Å². The molecule has 0 saturated carbocycles. The Bertz CT molecular complexity index is 1000. The monoisotopic (exact) mass is 446 g/mol. The molecule has 1 aliphatic heterocycles. The molecule has 0 aliphatic carbocycles. The third-order valence-corrected chi connectivity index (χ3v) is 6.10. The molecule has 3 heterocycles. The highest BCUT2D eigenvalue weighted by molar-refractivity contribution is 7.99. The van der Waals surface area contributed by atoms with Crippen molar-refractivity contribution in [2.45, 2.75) is 49.5 Å². The number of hydrogen-bond acceptors (Lipinski definition) is 10. The van der Waals surface area contributed by atoms with Gasteiger partial charge in [-0.25, -0.2) is 9.97 Å². The molecule has 0 radical (unpaired) electrons. The molecule has 3 aromatic rings. The average molecular weight is 447 g/mol. The van der Waals surface area contributed by atoms with E-state index in [1.54, 1.807) is 0 Å². The van der Waals surface area contributed by atoms with Crippen molar-refractivity contribution < 1.29 is 20.1 Å². The summed E-state index contributed by atoms with van der Waals surface area (Å²) in [5.74, 6) is 1.40. The fourth-order valence-corrected chi connectivity index (χ4v) is 4.11. The van der Waals surface area contributed by atoms with E-state index in [0.717, 1.165) is 18.6 Å². The van der Waals surface area contributed by atoms with E-state index in [9.17, 15) is 15.3 Å². The lowest BCUT2D eigenvalue weighted by Gasteiger charge is -2.15. The highest BCUT2D eigenvalue weighted by atomic mass is 32.2. The number of benzene rings is 1. The largest absolute Gasteiger partial charge is 0.394 e. The first-order chi connectivity index (χ1) is 15.1. The summed E-state index contributed by atoms with van der Waals surface area (Å²) in [6, 6.07) is 10.1. The van der Waals surface area contributed by atoms with Gasteiger partial charge >= 0.3 is 0 Å².